The summed E-state index contributed by atoms with van der Waals surface area (Å²) in [5.74, 6) is -0.457. The Labute approximate surface area is 131 Å². The van der Waals surface area contributed by atoms with Gasteiger partial charge in [-0.25, -0.2) is 4.39 Å². The Bertz CT molecular complexity index is 761. The number of halogens is 2. The summed E-state index contributed by atoms with van der Waals surface area (Å²) in [5.41, 5.74) is -0.472. The van der Waals surface area contributed by atoms with E-state index < -0.39 is 11.4 Å². The maximum Gasteiger partial charge on any atom is 0.142 e. The van der Waals surface area contributed by atoms with Gasteiger partial charge in [0.2, 0.25) is 0 Å². The zero-order chi connectivity index (χ0) is 15.0. The van der Waals surface area contributed by atoms with Crippen molar-refractivity contribution in [2.45, 2.75) is 18.9 Å². The Morgan fingerprint density at radius 3 is 2.71 bits per heavy atom. The Balaban J connectivity index is 1.97. The highest BCUT2D eigenvalue weighted by Crippen LogP contribution is 2.36. The third kappa shape index (κ3) is 2.82. The molecule has 4 heteroatoms. The van der Waals surface area contributed by atoms with Gasteiger partial charge in [0.1, 0.15) is 11.4 Å². The minimum absolute atomic E-state index is 0.0823. The fourth-order valence-electron chi connectivity index (χ4n) is 2.39. The Morgan fingerprint density at radius 1 is 1.19 bits per heavy atom. The molecule has 0 aliphatic rings. The monoisotopic (exact) mass is 320 g/mol. The van der Waals surface area contributed by atoms with Crippen molar-refractivity contribution in [3.63, 3.8) is 0 Å². The molecule has 3 rings (SSSR count). The Hall–Kier alpha value is -1.42. The minimum atomic E-state index is -1.08. The van der Waals surface area contributed by atoms with Crippen molar-refractivity contribution >= 4 is 33.0 Å². The van der Waals surface area contributed by atoms with Gasteiger partial charge in [0.15, 0.2) is 0 Å². The van der Waals surface area contributed by atoms with E-state index >= 15 is 0 Å². The summed E-state index contributed by atoms with van der Waals surface area (Å²) in [6, 6.07) is 14.6. The van der Waals surface area contributed by atoms with Crippen LogP contribution in [0.5, 0.6) is 0 Å². The summed E-state index contributed by atoms with van der Waals surface area (Å²) in [4.78, 5) is 0.851. The van der Waals surface area contributed by atoms with Gasteiger partial charge in [-0.3, -0.25) is 0 Å². The molecule has 1 unspecified atom stereocenters. The molecule has 0 aliphatic heterocycles. The number of aliphatic hydroxyl groups is 1. The molecule has 0 aliphatic carbocycles. The highest BCUT2D eigenvalue weighted by atomic mass is 35.5. The molecule has 2 aromatic carbocycles. The molecule has 21 heavy (non-hydrogen) atoms. The zero-order valence-electron chi connectivity index (χ0n) is 11.4. The van der Waals surface area contributed by atoms with Gasteiger partial charge in [-0.05, 0) is 36.1 Å². The van der Waals surface area contributed by atoms with Crippen molar-refractivity contribution in [3.8, 4) is 0 Å². The van der Waals surface area contributed by atoms with E-state index in [0.717, 1.165) is 15.0 Å². The first-order chi connectivity index (χ1) is 9.97. The van der Waals surface area contributed by atoms with Gasteiger partial charge in [0.05, 0.1) is 5.02 Å². The van der Waals surface area contributed by atoms with E-state index in [1.807, 2.05) is 30.3 Å². The fraction of sp³-hybridized carbons (Fsp3) is 0.176. The molecule has 0 saturated carbocycles. The summed E-state index contributed by atoms with van der Waals surface area (Å²) in [6.07, 6.45) is 0.274. The molecule has 1 atom stereocenters. The number of rotatable bonds is 3. The molecule has 1 nitrogen and oxygen atoms in total. The van der Waals surface area contributed by atoms with Gasteiger partial charge in [-0.15, -0.1) is 11.3 Å². The normalized spacial score (nSPS) is 14.3. The first-order valence-electron chi connectivity index (χ1n) is 6.62. The SMILES string of the molecule is CC(O)(Cc1cccc(F)c1Cl)c1cc2ccccc2s1. The maximum absolute atomic E-state index is 13.5. The highest BCUT2D eigenvalue weighted by molar-refractivity contribution is 7.19. The first kappa shape index (κ1) is 14.5. The van der Waals surface area contributed by atoms with Gasteiger partial charge in [-0.2, -0.15) is 0 Å². The summed E-state index contributed by atoms with van der Waals surface area (Å²) < 4.78 is 14.6. The summed E-state index contributed by atoms with van der Waals surface area (Å²) >= 11 is 7.53. The van der Waals surface area contributed by atoms with Crippen molar-refractivity contribution in [3.05, 3.63) is 69.8 Å². The van der Waals surface area contributed by atoms with Crippen molar-refractivity contribution in [1.29, 1.82) is 0 Å². The largest absolute Gasteiger partial charge is 0.384 e. The molecule has 108 valence electrons. The number of fused-ring (bicyclic) bond motifs is 1. The lowest BCUT2D eigenvalue weighted by molar-refractivity contribution is 0.0615. The molecule has 1 heterocycles. The molecule has 0 spiro atoms. The average Bonchev–Trinajstić information content (AvgIpc) is 2.88. The van der Waals surface area contributed by atoms with Crippen molar-refractivity contribution in [1.82, 2.24) is 0 Å². The molecule has 1 N–H and O–H groups in total. The van der Waals surface area contributed by atoms with E-state index in [9.17, 15) is 9.50 Å². The molecular formula is C17H14ClFOS. The predicted molar refractivity (Wildman–Crippen MR) is 86.5 cm³/mol. The summed E-state index contributed by atoms with van der Waals surface area (Å²) in [6.45, 7) is 1.74. The number of hydrogen-bond acceptors (Lipinski definition) is 2. The van der Waals surface area contributed by atoms with Crippen LogP contribution in [0.25, 0.3) is 10.1 Å². The summed E-state index contributed by atoms with van der Waals surface area (Å²) in [5, 5.41) is 12.0. The predicted octanol–water partition coefficient (Wildman–Crippen LogP) is 5.14. The maximum atomic E-state index is 13.5. The first-order valence-corrected chi connectivity index (χ1v) is 7.81. The lowest BCUT2D eigenvalue weighted by Gasteiger charge is -2.22. The van der Waals surface area contributed by atoms with E-state index in [2.05, 4.69) is 0 Å². The van der Waals surface area contributed by atoms with Crippen LogP contribution in [0.15, 0.2) is 48.5 Å². The lowest BCUT2D eigenvalue weighted by atomic mass is 9.94. The van der Waals surface area contributed by atoms with Crippen LogP contribution >= 0.6 is 22.9 Å². The van der Waals surface area contributed by atoms with Crippen LogP contribution in [-0.2, 0) is 12.0 Å². The molecular weight excluding hydrogens is 307 g/mol. The lowest BCUT2D eigenvalue weighted by Crippen LogP contribution is -2.23. The average molecular weight is 321 g/mol. The topological polar surface area (TPSA) is 20.2 Å². The fourth-order valence-corrected chi connectivity index (χ4v) is 3.69. The van der Waals surface area contributed by atoms with Gasteiger partial charge < -0.3 is 5.11 Å². The van der Waals surface area contributed by atoms with Gasteiger partial charge in [-0.1, -0.05) is 41.9 Å². The van der Waals surface area contributed by atoms with E-state index in [4.69, 9.17) is 11.6 Å². The zero-order valence-corrected chi connectivity index (χ0v) is 13.0. The number of thiophene rings is 1. The van der Waals surface area contributed by atoms with Crippen LogP contribution in [0, 0.1) is 5.82 Å². The quantitative estimate of drug-likeness (QED) is 0.708. The molecule has 1 aromatic heterocycles. The molecule has 0 radical (unpaired) electrons. The van der Waals surface area contributed by atoms with E-state index in [1.165, 1.54) is 6.07 Å². The third-order valence-electron chi connectivity index (χ3n) is 3.52. The van der Waals surface area contributed by atoms with Crippen LogP contribution in [-0.4, -0.2) is 5.11 Å². The van der Waals surface area contributed by atoms with E-state index in [1.54, 1.807) is 30.4 Å². The number of hydrogen-bond donors (Lipinski definition) is 1. The molecule has 0 saturated heterocycles. The van der Waals surface area contributed by atoms with Gasteiger partial charge >= 0.3 is 0 Å². The van der Waals surface area contributed by atoms with Gasteiger partial charge in [0.25, 0.3) is 0 Å². The van der Waals surface area contributed by atoms with E-state index in [-0.39, 0.29) is 11.4 Å². The second-order valence-corrected chi connectivity index (χ2v) is 6.77. The molecule has 0 fully saturated rings. The molecule has 0 amide bonds. The van der Waals surface area contributed by atoms with Crippen LogP contribution < -0.4 is 0 Å². The third-order valence-corrected chi connectivity index (χ3v) is 5.32. The molecule has 3 aromatic rings. The number of benzene rings is 2. The smallest absolute Gasteiger partial charge is 0.142 e. The second kappa shape index (κ2) is 5.41. The van der Waals surface area contributed by atoms with Crippen molar-refractivity contribution < 1.29 is 9.50 Å². The van der Waals surface area contributed by atoms with Crippen molar-refractivity contribution in [2.75, 3.05) is 0 Å². The van der Waals surface area contributed by atoms with Crippen LogP contribution in [0.4, 0.5) is 4.39 Å². The van der Waals surface area contributed by atoms with Crippen LogP contribution in [0.2, 0.25) is 5.02 Å². The minimum Gasteiger partial charge on any atom is -0.384 e. The second-order valence-electron chi connectivity index (χ2n) is 5.31. The van der Waals surface area contributed by atoms with Crippen molar-refractivity contribution in [2.24, 2.45) is 0 Å². The van der Waals surface area contributed by atoms with E-state index in [0.29, 0.717) is 5.56 Å². The van der Waals surface area contributed by atoms with Crippen LogP contribution in [0.3, 0.4) is 0 Å². The van der Waals surface area contributed by atoms with Gasteiger partial charge in [0, 0.05) is 16.0 Å². The molecule has 0 bridgehead atoms. The summed E-state index contributed by atoms with van der Waals surface area (Å²) in [7, 11) is 0. The highest BCUT2D eigenvalue weighted by Gasteiger charge is 2.27. The van der Waals surface area contributed by atoms with Crippen LogP contribution in [0.1, 0.15) is 17.4 Å². The Kier molecular flexibility index (Phi) is 3.74. The standard InChI is InChI=1S/C17H14ClFOS/c1-17(20,10-12-6-4-7-13(19)16(12)18)15-9-11-5-2-3-8-14(11)21-15/h2-9,20H,10H2,1H3. The Morgan fingerprint density at radius 2 is 1.95 bits per heavy atom.